The summed E-state index contributed by atoms with van der Waals surface area (Å²) in [5, 5.41) is 4.49. The van der Waals surface area contributed by atoms with Crippen LogP contribution < -0.4 is 5.69 Å². The summed E-state index contributed by atoms with van der Waals surface area (Å²) in [7, 11) is -3.45. The van der Waals surface area contributed by atoms with E-state index in [9.17, 15) is 13.6 Å². The molecule has 0 N–H and O–H groups in total. The fourth-order valence-corrected chi connectivity index (χ4v) is 5.47. The van der Waals surface area contributed by atoms with E-state index >= 15 is 0 Å². The van der Waals surface area contributed by atoms with Crippen molar-refractivity contribution in [3.63, 3.8) is 0 Å². The number of fused-ring (bicyclic) bond motifs is 1. The maximum Gasteiger partial charge on any atom is 0.345 e. The Balaban J connectivity index is 1.37. The third-order valence-electron chi connectivity index (χ3n) is 5.59. The molecule has 0 saturated carbocycles. The summed E-state index contributed by atoms with van der Waals surface area (Å²) in [4.78, 5) is 15.0. The lowest BCUT2D eigenvalue weighted by atomic mass is 10.2. The SMILES string of the molecule is O=c1n(CCN2CCCN([S+](=O)([O-])c3ccccc3)CC2)nc2n1CCCC2. The minimum absolute atomic E-state index is 0.0159. The number of benzene rings is 1. The minimum atomic E-state index is -3.45. The standard InChI is InChI=1S/C19H27N5O3S/c25-19-23-12-5-4-9-18(23)20-24(19)16-14-21-10-6-11-22(15-13-21)28(26,27)17-7-2-1-3-8-17/h1-3,7-8H,4-6,9-16H2. The number of hydrogen-bond donors (Lipinski definition) is 0. The molecule has 28 heavy (non-hydrogen) atoms. The van der Waals surface area contributed by atoms with Gasteiger partial charge in [0.25, 0.3) is 0 Å². The average Bonchev–Trinajstić information content (AvgIpc) is 2.88. The van der Waals surface area contributed by atoms with Crippen LogP contribution in [0.5, 0.6) is 0 Å². The zero-order valence-electron chi connectivity index (χ0n) is 16.0. The molecule has 0 amide bonds. The Morgan fingerprint density at radius 2 is 1.79 bits per heavy atom. The molecule has 1 saturated heterocycles. The van der Waals surface area contributed by atoms with Gasteiger partial charge in [-0.25, -0.2) is 9.48 Å². The zero-order valence-corrected chi connectivity index (χ0v) is 16.9. The highest BCUT2D eigenvalue weighted by atomic mass is 32.3. The molecule has 2 aliphatic rings. The minimum Gasteiger partial charge on any atom is -0.593 e. The Morgan fingerprint density at radius 1 is 0.964 bits per heavy atom. The maximum absolute atomic E-state index is 12.8. The largest absolute Gasteiger partial charge is 0.593 e. The van der Waals surface area contributed by atoms with Crippen LogP contribution in [0.15, 0.2) is 40.0 Å². The van der Waals surface area contributed by atoms with E-state index in [-0.39, 0.29) is 5.69 Å². The van der Waals surface area contributed by atoms with Crippen molar-refractivity contribution in [2.24, 2.45) is 0 Å². The highest BCUT2D eigenvalue weighted by molar-refractivity contribution is 7.95. The predicted molar refractivity (Wildman–Crippen MR) is 106 cm³/mol. The average molecular weight is 406 g/mol. The van der Waals surface area contributed by atoms with Crippen molar-refractivity contribution in [1.82, 2.24) is 23.6 Å². The van der Waals surface area contributed by atoms with Gasteiger partial charge in [-0.3, -0.25) is 9.47 Å². The monoisotopic (exact) mass is 405 g/mol. The molecule has 9 heteroatoms. The summed E-state index contributed by atoms with van der Waals surface area (Å²) in [5.74, 6) is 0.896. The molecule has 1 fully saturated rings. The number of aryl methyl sites for hydroxylation is 1. The van der Waals surface area contributed by atoms with Crippen LogP contribution >= 0.6 is 0 Å². The molecule has 2 aliphatic heterocycles. The smallest absolute Gasteiger partial charge is 0.345 e. The van der Waals surface area contributed by atoms with Gasteiger partial charge in [-0.05, 0) is 37.9 Å². The molecule has 3 heterocycles. The van der Waals surface area contributed by atoms with Crippen molar-refractivity contribution in [2.75, 3.05) is 32.7 Å². The summed E-state index contributed by atoms with van der Waals surface area (Å²) >= 11 is 0. The van der Waals surface area contributed by atoms with E-state index in [1.165, 1.54) is 0 Å². The van der Waals surface area contributed by atoms with Crippen molar-refractivity contribution >= 4 is 10.4 Å². The number of nitrogens with zero attached hydrogens (tertiary/aromatic N) is 5. The second-order valence-corrected chi connectivity index (χ2v) is 9.38. The first-order valence-electron chi connectivity index (χ1n) is 10.00. The van der Waals surface area contributed by atoms with Crippen molar-refractivity contribution in [3.05, 3.63) is 46.6 Å². The van der Waals surface area contributed by atoms with E-state index in [0.717, 1.165) is 44.6 Å². The molecular formula is C19H27N5O3S. The highest BCUT2D eigenvalue weighted by Gasteiger charge is 2.31. The number of aromatic nitrogens is 3. The van der Waals surface area contributed by atoms with Gasteiger partial charge in [0.1, 0.15) is 5.82 Å². The van der Waals surface area contributed by atoms with Gasteiger partial charge in [0.2, 0.25) is 0 Å². The summed E-state index contributed by atoms with van der Waals surface area (Å²) in [5.41, 5.74) is -0.0159. The van der Waals surface area contributed by atoms with Crippen LogP contribution in [0.25, 0.3) is 0 Å². The molecule has 0 bridgehead atoms. The van der Waals surface area contributed by atoms with Gasteiger partial charge in [0.15, 0.2) is 15.3 Å². The molecule has 8 nitrogen and oxygen atoms in total. The third kappa shape index (κ3) is 3.98. The van der Waals surface area contributed by atoms with E-state index in [4.69, 9.17) is 0 Å². The normalized spacial score (nSPS) is 21.0. The molecule has 0 radical (unpaired) electrons. The third-order valence-corrected chi connectivity index (χ3v) is 7.50. The lowest BCUT2D eigenvalue weighted by Crippen LogP contribution is -2.40. The Kier molecular flexibility index (Phi) is 5.77. The Labute approximate surface area is 166 Å². The Bertz CT molecular complexity index is 910. The van der Waals surface area contributed by atoms with E-state index in [1.807, 2.05) is 6.07 Å². The second-order valence-electron chi connectivity index (χ2n) is 7.44. The van der Waals surface area contributed by atoms with Crippen molar-refractivity contribution in [3.8, 4) is 0 Å². The van der Waals surface area contributed by atoms with Crippen LogP contribution in [-0.4, -0.2) is 60.8 Å². The highest BCUT2D eigenvalue weighted by Crippen LogP contribution is 2.22. The lowest BCUT2D eigenvalue weighted by molar-refractivity contribution is 0.266. The van der Waals surface area contributed by atoms with Gasteiger partial charge < -0.3 is 4.55 Å². The maximum atomic E-state index is 12.8. The summed E-state index contributed by atoms with van der Waals surface area (Å²) in [6.45, 7) is 4.49. The first-order chi connectivity index (χ1) is 13.6. The quantitative estimate of drug-likeness (QED) is 0.693. The van der Waals surface area contributed by atoms with Crippen LogP contribution in [0, 0.1) is 0 Å². The summed E-state index contributed by atoms with van der Waals surface area (Å²) in [6, 6.07) is 8.60. The predicted octanol–water partition coefficient (Wildman–Crippen LogP) is 0.993. The molecule has 2 aromatic rings. The van der Waals surface area contributed by atoms with Crippen molar-refractivity contribution < 1.29 is 8.76 Å². The van der Waals surface area contributed by atoms with E-state index < -0.39 is 10.4 Å². The molecule has 4 rings (SSSR count). The molecule has 1 unspecified atom stereocenters. The fraction of sp³-hybridized carbons (Fsp3) is 0.579. The van der Waals surface area contributed by atoms with Crippen LogP contribution in [0.1, 0.15) is 25.1 Å². The van der Waals surface area contributed by atoms with Gasteiger partial charge in [-0.2, -0.15) is 5.10 Å². The lowest BCUT2D eigenvalue weighted by Gasteiger charge is -2.26. The zero-order chi connectivity index (χ0) is 19.6. The molecule has 1 aromatic heterocycles. The molecular weight excluding hydrogens is 378 g/mol. The van der Waals surface area contributed by atoms with Crippen LogP contribution in [0.2, 0.25) is 0 Å². The molecule has 0 aliphatic carbocycles. The van der Waals surface area contributed by atoms with E-state index in [1.54, 1.807) is 37.8 Å². The molecule has 152 valence electrons. The summed E-state index contributed by atoms with van der Waals surface area (Å²) < 4.78 is 30.6. The molecule has 0 spiro atoms. The molecule has 1 atom stereocenters. The van der Waals surface area contributed by atoms with Crippen molar-refractivity contribution in [2.45, 2.75) is 43.7 Å². The number of rotatable bonds is 5. The topological polar surface area (TPSA) is 86.4 Å². The Morgan fingerprint density at radius 3 is 2.57 bits per heavy atom. The molecule has 1 aromatic carbocycles. The fourth-order valence-electron chi connectivity index (χ4n) is 3.98. The van der Waals surface area contributed by atoms with Crippen LogP contribution in [0.3, 0.4) is 0 Å². The number of sulfonamides is 1. The first-order valence-corrected chi connectivity index (χ1v) is 11.4. The van der Waals surface area contributed by atoms with Crippen LogP contribution in [0.4, 0.5) is 0 Å². The van der Waals surface area contributed by atoms with E-state index in [0.29, 0.717) is 37.6 Å². The summed E-state index contributed by atoms with van der Waals surface area (Å²) in [6.07, 6.45) is 3.78. The van der Waals surface area contributed by atoms with Crippen LogP contribution in [-0.2, 0) is 34.1 Å². The first kappa shape index (κ1) is 19.5. The van der Waals surface area contributed by atoms with Gasteiger partial charge in [-0.1, -0.05) is 22.4 Å². The number of hydrogen-bond acceptors (Lipinski definition) is 5. The van der Waals surface area contributed by atoms with E-state index in [2.05, 4.69) is 10.00 Å². The second kappa shape index (κ2) is 8.28. The Hall–Kier alpha value is -1.81. The van der Waals surface area contributed by atoms with Gasteiger partial charge in [-0.15, -0.1) is 4.31 Å². The van der Waals surface area contributed by atoms with Crippen molar-refractivity contribution in [1.29, 1.82) is 0 Å². The van der Waals surface area contributed by atoms with Gasteiger partial charge >= 0.3 is 5.69 Å². The van der Waals surface area contributed by atoms with Gasteiger partial charge in [0.05, 0.1) is 13.1 Å². The van der Waals surface area contributed by atoms with Gasteiger partial charge in [0, 0.05) is 32.6 Å².